The van der Waals surface area contributed by atoms with E-state index in [1.807, 2.05) is 0 Å². The summed E-state index contributed by atoms with van der Waals surface area (Å²) >= 11 is 0. The van der Waals surface area contributed by atoms with Crippen molar-refractivity contribution in [1.82, 2.24) is 0 Å². The van der Waals surface area contributed by atoms with Crippen molar-refractivity contribution in [2.75, 3.05) is 4.90 Å². The molecule has 1 aliphatic carbocycles. The number of hydrogen-bond donors (Lipinski definition) is 0. The maximum atomic E-state index is 2.57. The molecule has 278 valence electrons. The quantitative estimate of drug-likeness (QED) is 0.147. The van der Waals surface area contributed by atoms with Crippen LogP contribution in [0.2, 0.25) is 0 Å². The van der Waals surface area contributed by atoms with Gasteiger partial charge >= 0.3 is 0 Å². The zero-order valence-electron chi connectivity index (χ0n) is 32.9. The van der Waals surface area contributed by atoms with Crippen LogP contribution < -0.4 is 4.90 Å². The largest absolute Gasteiger partial charge is 0.309 e. The molecular weight excluding hydrogens is 711 g/mol. The number of rotatable bonds is 7. The van der Waals surface area contributed by atoms with Gasteiger partial charge in [0.1, 0.15) is 0 Å². The molecule has 11 rings (SSSR count). The molecule has 1 aliphatic rings. The maximum absolute atomic E-state index is 2.57. The Morgan fingerprint density at radius 2 is 0.814 bits per heavy atom. The Bertz CT molecular complexity index is 3180. The fraction of sp³-hybridized carbons (Fsp3) is 0.0345. The van der Waals surface area contributed by atoms with Crippen LogP contribution in [-0.4, -0.2) is 0 Å². The highest BCUT2D eigenvalue weighted by molar-refractivity contribution is 6.16. The fourth-order valence-corrected chi connectivity index (χ4v) is 9.84. The van der Waals surface area contributed by atoms with Gasteiger partial charge in [-0.3, -0.25) is 0 Å². The predicted octanol–water partition coefficient (Wildman–Crippen LogP) is 15.8. The van der Waals surface area contributed by atoms with Crippen LogP contribution in [-0.2, 0) is 5.41 Å². The molecule has 1 unspecified atom stereocenters. The average Bonchev–Trinajstić information content (AvgIpc) is 3.59. The zero-order valence-corrected chi connectivity index (χ0v) is 32.9. The fourth-order valence-electron chi connectivity index (χ4n) is 9.84. The Morgan fingerprint density at radius 1 is 0.322 bits per heavy atom. The van der Waals surface area contributed by atoms with E-state index in [1.165, 1.54) is 77.2 Å². The molecule has 1 atom stereocenters. The maximum Gasteiger partial charge on any atom is 0.0546 e. The van der Waals surface area contributed by atoms with Crippen LogP contribution in [0.3, 0.4) is 0 Å². The number of nitrogens with zero attached hydrogens (tertiary/aromatic N) is 1. The normalized spacial score (nSPS) is 14.3. The SMILES string of the molecule is CC1(c2ccccc2)c2ccccc2-c2c(N(c3ccccc3-c3ccccc3-c3ccccc3-c3ccccc3)c3cc4ccccc4c4ccccc34)cccc21. The molecule has 0 fully saturated rings. The van der Waals surface area contributed by atoms with Gasteiger partial charge in [0.15, 0.2) is 0 Å². The number of para-hydroxylation sites is 1. The minimum Gasteiger partial charge on any atom is -0.309 e. The molecule has 1 nitrogen and oxygen atoms in total. The van der Waals surface area contributed by atoms with Gasteiger partial charge in [-0.2, -0.15) is 0 Å². The van der Waals surface area contributed by atoms with Crippen molar-refractivity contribution in [3.63, 3.8) is 0 Å². The molecule has 0 bridgehead atoms. The lowest BCUT2D eigenvalue weighted by atomic mass is 9.74. The van der Waals surface area contributed by atoms with Crippen LogP contribution in [0, 0.1) is 0 Å². The van der Waals surface area contributed by atoms with E-state index in [-0.39, 0.29) is 5.41 Å². The van der Waals surface area contributed by atoms with Crippen molar-refractivity contribution >= 4 is 38.6 Å². The molecule has 0 saturated heterocycles. The summed E-state index contributed by atoms with van der Waals surface area (Å²) in [4.78, 5) is 2.57. The van der Waals surface area contributed by atoms with Crippen molar-refractivity contribution in [3.8, 4) is 44.5 Å². The molecule has 0 aliphatic heterocycles. The molecule has 0 saturated carbocycles. The van der Waals surface area contributed by atoms with E-state index in [1.54, 1.807) is 0 Å². The van der Waals surface area contributed by atoms with Crippen LogP contribution in [0.1, 0.15) is 23.6 Å². The van der Waals surface area contributed by atoms with Crippen molar-refractivity contribution in [2.45, 2.75) is 12.3 Å². The highest BCUT2D eigenvalue weighted by Crippen LogP contribution is 2.58. The Balaban J connectivity index is 1.23. The summed E-state index contributed by atoms with van der Waals surface area (Å²) in [5, 5.41) is 4.91. The minimum absolute atomic E-state index is 0.340. The monoisotopic (exact) mass is 751 g/mol. The van der Waals surface area contributed by atoms with Gasteiger partial charge in [0.05, 0.1) is 17.1 Å². The van der Waals surface area contributed by atoms with Crippen molar-refractivity contribution in [3.05, 3.63) is 247 Å². The number of benzene rings is 10. The van der Waals surface area contributed by atoms with E-state index in [2.05, 4.69) is 242 Å². The molecule has 0 radical (unpaired) electrons. The van der Waals surface area contributed by atoms with Crippen LogP contribution >= 0.6 is 0 Å². The van der Waals surface area contributed by atoms with E-state index in [0.717, 1.165) is 22.6 Å². The topological polar surface area (TPSA) is 3.24 Å². The standard InChI is InChI=1S/C58H41N/c1-58(42-24-6-3-7-25-42)52-35-18-16-34-51(52)57-53(58)36-20-38-55(57)59(56-39-41-23-8-9-27-44(41)46-29-14-15-33-50(46)56)54-37-19-17-32-49(54)48-31-13-12-30-47(48)45-28-11-10-26-43(45)40-21-4-2-5-22-40/h2-39H,1H3. The zero-order chi connectivity index (χ0) is 39.3. The number of fused-ring (bicyclic) bond motifs is 6. The number of hydrogen-bond acceptors (Lipinski definition) is 1. The first-order valence-corrected chi connectivity index (χ1v) is 20.5. The van der Waals surface area contributed by atoms with Gasteiger partial charge in [0, 0.05) is 21.9 Å². The van der Waals surface area contributed by atoms with Gasteiger partial charge in [-0.05, 0) is 91.4 Å². The molecule has 0 amide bonds. The molecule has 0 N–H and O–H groups in total. The first kappa shape index (κ1) is 34.7. The third-order valence-electron chi connectivity index (χ3n) is 12.6. The third kappa shape index (κ3) is 5.54. The van der Waals surface area contributed by atoms with Crippen LogP contribution in [0.4, 0.5) is 17.1 Å². The summed E-state index contributed by atoms with van der Waals surface area (Å²) < 4.78 is 0. The molecule has 1 heteroatoms. The van der Waals surface area contributed by atoms with Gasteiger partial charge < -0.3 is 4.90 Å². The molecule has 0 heterocycles. The lowest BCUT2D eigenvalue weighted by molar-refractivity contribution is 0.714. The Morgan fingerprint density at radius 3 is 1.56 bits per heavy atom. The Hall–Kier alpha value is -7.48. The minimum atomic E-state index is -0.340. The molecule has 10 aromatic rings. The van der Waals surface area contributed by atoms with Gasteiger partial charge in [0.2, 0.25) is 0 Å². The highest BCUT2D eigenvalue weighted by Gasteiger charge is 2.42. The van der Waals surface area contributed by atoms with E-state index in [9.17, 15) is 0 Å². The van der Waals surface area contributed by atoms with Crippen LogP contribution in [0.5, 0.6) is 0 Å². The second-order valence-electron chi connectivity index (χ2n) is 15.7. The predicted molar refractivity (Wildman–Crippen MR) is 250 cm³/mol. The molecule has 0 spiro atoms. The van der Waals surface area contributed by atoms with Crippen LogP contribution in [0.25, 0.3) is 66.1 Å². The second-order valence-corrected chi connectivity index (χ2v) is 15.7. The first-order chi connectivity index (χ1) is 29.2. The first-order valence-electron chi connectivity index (χ1n) is 20.5. The molecule has 10 aromatic carbocycles. The lowest BCUT2D eigenvalue weighted by Gasteiger charge is -2.32. The van der Waals surface area contributed by atoms with Crippen LogP contribution in [0.15, 0.2) is 231 Å². The molecule has 59 heavy (non-hydrogen) atoms. The third-order valence-corrected chi connectivity index (χ3v) is 12.6. The van der Waals surface area contributed by atoms with Crippen molar-refractivity contribution < 1.29 is 0 Å². The summed E-state index contributed by atoms with van der Waals surface area (Å²) in [6.07, 6.45) is 0. The summed E-state index contributed by atoms with van der Waals surface area (Å²) in [7, 11) is 0. The summed E-state index contributed by atoms with van der Waals surface area (Å²) in [6, 6.07) is 84.6. The van der Waals surface area contributed by atoms with Gasteiger partial charge in [0.25, 0.3) is 0 Å². The summed E-state index contributed by atoms with van der Waals surface area (Å²) in [5.41, 5.74) is 16.7. The average molecular weight is 752 g/mol. The van der Waals surface area contributed by atoms with Gasteiger partial charge in [-0.1, -0.05) is 212 Å². The summed E-state index contributed by atoms with van der Waals surface area (Å²) in [6.45, 7) is 2.40. The summed E-state index contributed by atoms with van der Waals surface area (Å²) in [5.74, 6) is 0. The van der Waals surface area contributed by atoms with E-state index >= 15 is 0 Å². The smallest absolute Gasteiger partial charge is 0.0546 e. The van der Waals surface area contributed by atoms with E-state index in [0.29, 0.717) is 0 Å². The van der Waals surface area contributed by atoms with Gasteiger partial charge in [-0.25, -0.2) is 0 Å². The number of anilines is 3. The Labute approximate surface area is 346 Å². The van der Waals surface area contributed by atoms with Gasteiger partial charge in [-0.15, -0.1) is 0 Å². The molecule has 0 aromatic heterocycles. The van der Waals surface area contributed by atoms with Crippen molar-refractivity contribution in [1.29, 1.82) is 0 Å². The molecular formula is C58H41N. The second kappa shape index (κ2) is 14.2. The van der Waals surface area contributed by atoms with E-state index < -0.39 is 0 Å². The van der Waals surface area contributed by atoms with Crippen molar-refractivity contribution in [2.24, 2.45) is 0 Å². The Kier molecular flexibility index (Phi) is 8.34. The van der Waals surface area contributed by atoms with E-state index in [4.69, 9.17) is 0 Å². The highest BCUT2D eigenvalue weighted by atomic mass is 15.1. The lowest BCUT2D eigenvalue weighted by Crippen LogP contribution is -2.22.